The van der Waals surface area contributed by atoms with Crippen LogP contribution in [0, 0.1) is 5.92 Å². The first-order valence-corrected chi connectivity index (χ1v) is 6.14. The lowest BCUT2D eigenvalue weighted by atomic mass is 10.2. The van der Waals surface area contributed by atoms with E-state index in [0.29, 0.717) is 6.04 Å². The van der Waals surface area contributed by atoms with Gasteiger partial charge >= 0.3 is 0 Å². The number of hydrogen-bond donors (Lipinski definition) is 1. The van der Waals surface area contributed by atoms with Gasteiger partial charge in [-0.25, -0.2) is 0 Å². The zero-order valence-corrected chi connectivity index (χ0v) is 9.72. The minimum atomic E-state index is 0.645. The fourth-order valence-corrected chi connectivity index (χ4v) is 1.67. The predicted molar refractivity (Wildman–Crippen MR) is 60.5 cm³/mol. The third kappa shape index (κ3) is 6.39. The lowest BCUT2D eigenvalue weighted by Crippen LogP contribution is -2.29. The highest BCUT2D eigenvalue weighted by atomic mass is 16.5. The van der Waals surface area contributed by atoms with Gasteiger partial charge in [-0.15, -0.1) is 0 Å². The topological polar surface area (TPSA) is 21.3 Å². The van der Waals surface area contributed by atoms with Crippen LogP contribution >= 0.6 is 0 Å². The van der Waals surface area contributed by atoms with Crippen LogP contribution in [0.3, 0.4) is 0 Å². The molecule has 0 amide bonds. The van der Waals surface area contributed by atoms with Crippen molar-refractivity contribution in [3.05, 3.63) is 0 Å². The molecule has 14 heavy (non-hydrogen) atoms. The Morgan fingerprint density at radius 3 is 2.79 bits per heavy atom. The van der Waals surface area contributed by atoms with Gasteiger partial charge in [-0.2, -0.15) is 0 Å². The molecule has 1 unspecified atom stereocenters. The van der Waals surface area contributed by atoms with E-state index >= 15 is 0 Å². The highest BCUT2D eigenvalue weighted by molar-refractivity contribution is 4.72. The largest absolute Gasteiger partial charge is 0.380 e. The Balaban J connectivity index is 1.74. The molecule has 0 aliphatic heterocycles. The number of hydrogen-bond acceptors (Lipinski definition) is 2. The molecule has 0 spiro atoms. The second-order valence-corrected chi connectivity index (χ2v) is 4.49. The number of rotatable bonds is 9. The van der Waals surface area contributed by atoms with Gasteiger partial charge in [0.1, 0.15) is 0 Å². The predicted octanol–water partition coefficient (Wildman–Crippen LogP) is 2.58. The molecule has 0 aromatic carbocycles. The summed E-state index contributed by atoms with van der Waals surface area (Å²) in [5, 5.41) is 3.46. The average molecular weight is 199 g/mol. The Morgan fingerprint density at radius 2 is 2.14 bits per heavy atom. The van der Waals surface area contributed by atoms with Gasteiger partial charge in [0, 0.05) is 19.2 Å². The molecule has 2 heteroatoms. The van der Waals surface area contributed by atoms with E-state index in [0.717, 1.165) is 25.7 Å². The Kier molecular flexibility index (Phi) is 6.20. The van der Waals surface area contributed by atoms with Gasteiger partial charge in [-0.05, 0) is 25.7 Å². The van der Waals surface area contributed by atoms with E-state index in [9.17, 15) is 0 Å². The van der Waals surface area contributed by atoms with E-state index < -0.39 is 0 Å². The smallest absolute Gasteiger partial charge is 0.0591 e. The van der Waals surface area contributed by atoms with E-state index in [2.05, 4.69) is 19.2 Å². The van der Waals surface area contributed by atoms with Crippen LogP contribution < -0.4 is 5.32 Å². The molecule has 2 nitrogen and oxygen atoms in total. The average Bonchev–Trinajstić information content (AvgIpc) is 2.95. The maximum absolute atomic E-state index is 5.55. The van der Waals surface area contributed by atoms with E-state index in [1.165, 1.54) is 32.1 Å². The zero-order chi connectivity index (χ0) is 10.2. The van der Waals surface area contributed by atoms with Crippen LogP contribution in [0.15, 0.2) is 0 Å². The molecule has 0 aromatic rings. The van der Waals surface area contributed by atoms with Gasteiger partial charge in [0.25, 0.3) is 0 Å². The summed E-state index contributed by atoms with van der Waals surface area (Å²) >= 11 is 0. The summed E-state index contributed by atoms with van der Waals surface area (Å²) < 4.78 is 5.55. The van der Waals surface area contributed by atoms with Crippen LogP contribution in [0.2, 0.25) is 0 Å². The van der Waals surface area contributed by atoms with Gasteiger partial charge in [-0.3, -0.25) is 0 Å². The Hall–Kier alpha value is -0.0800. The molecule has 1 aliphatic rings. The van der Waals surface area contributed by atoms with E-state index in [-0.39, 0.29) is 0 Å². The van der Waals surface area contributed by atoms with Crippen molar-refractivity contribution in [3.63, 3.8) is 0 Å². The van der Waals surface area contributed by atoms with Crippen molar-refractivity contribution >= 4 is 0 Å². The monoisotopic (exact) mass is 199 g/mol. The van der Waals surface area contributed by atoms with Crippen molar-refractivity contribution in [2.75, 3.05) is 19.8 Å². The van der Waals surface area contributed by atoms with Crippen LogP contribution in [-0.2, 0) is 4.74 Å². The number of ether oxygens (including phenoxy) is 1. The third-order valence-corrected chi connectivity index (χ3v) is 2.83. The maximum atomic E-state index is 5.55. The normalized spacial score (nSPS) is 18.4. The van der Waals surface area contributed by atoms with Gasteiger partial charge in [0.15, 0.2) is 0 Å². The van der Waals surface area contributed by atoms with Crippen molar-refractivity contribution in [2.24, 2.45) is 5.92 Å². The second kappa shape index (κ2) is 7.24. The summed E-state index contributed by atoms with van der Waals surface area (Å²) in [6, 6.07) is 0.645. The molecule has 0 radical (unpaired) electrons. The molecule has 0 saturated heterocycles. The first kappa shape index (κ1) is 12.0. The zero-order valence-electron chi connectivity index (χ0n) is 9.72. The van der Waals surface area contributed by atoms with Crippen molar-refractivity contribution in [3.8, 4) is 0 Å². The maximum Gasteiger partial charge on any atom is 0.0591 e. The van der Waals surface area contributed by atoms with Gasteiger partial charge in [0.05, 0.1) is 6.61 Å². The van der Waals surface area contributed by atoms with E-state index in [1.807, 2.05) is 0 Å². The Labute approximate surface area is 88.4 Å². The van der Waals surface area contributed by atoms with Crippen LogP contribution in [0.5, 0.6) is 0 Å². The molecule has 0 bridgehead atoms. The standard InChI is InChI=1S/C12H25NO/c1-3-4-11(2)13-8-10-14-9-7-12-5-6-12/h11-13H,3-10H2,1-2H3. The van der Waals surface area contributed by atoms with Crippen LogP contribution in [0.1, 0.15) is 46.0 Å². The molecule has 84 valence electrons. The van der Waals surface area contributed by atoms with Crippen molar-refractivity contribution in [2.45, 2.75) is 52.0 Å². The molecular weight excluding hydrogens is 174 g/mol. The summed E-state index contributed by atoms with van der Waals surface area (Å²) in [7, 11) is 0. The van der Waals surface area contributed by atoms with Crippen LogP contribution in [0.4, 0.5) is 0 Å². The third-order valence-electron chi connectivity index (χ3n) is 2.83. The van der Waals surface area contributed by atoms with Gasteiger partial charge < -0.3 is 10.1 Å². The molecule has 1 rings (SSSR count). The molecule has 0 heterocycles. The van der Waals surface area contributed by atoms with Crippen molar-refractivity contribution in [1.29, 1.82) is 0 Å². The fourth-order valence-electron chi connectivity index (χ4n) is 1.67. The minimum absolute atomic E-state index is 0.645. The summed E-state index contributed by atoms with van der Waals surface area (Å²) in [4.78, 5) is 0. The van der Waals surface area contributed by atoms with Crippen molar-refractivity contribution < 1.29 is 4.74 Å². The molecular formula is C12H25NO. The highest BCUT2D eigenvalue weighted by Crippen LogP contribution is 2.31. The fraction of sp³-hybridized carbons (Fsp3) is 1.00. The lowest BCUT2D eigenvalue weighted by Gasteiger charge is -2.12. The molecule has 1 N–H and O–H groups in total. The SMILES string of the molecule is CCCC(C)NCCOCCC1CC1. The van der Waals surface area contributed by atoms with Crippen LogP contribution in [-0.4, -0.2) is 25.8 Å². The minimum Gasteiger partial charge on any atom is -0.380 e. The van der Waals surface area contributed by atoms with E-state index in [1.54, 1.807) is 0 Å². The molecule has 1 fully saturated rings. The quantitative estimate of drug-likeness (QED) is 0.576. The molecule has 1 atom stereocenters. The Morgan fingerprint density at radius 1 is 1.36 bits per heavy atom. The Bertz CT molecular complexity index is 134. The summed E-state index contributed by atoms with van der Waals surface area (Å²) in [5.74, 6) is 1.00. The summed E-state index contributed by atoms with van der Waals surface area (Å²) in [6.07, 6.45) is 6.69. The lowest BCUT2D eigenvalue weighted by molar-refractivity contribution is 0.128. The molecule has 1 saturated carbocycles. The van der Waals surface area contributed by atoms with Gasteiger partial charge in [0.2, 0.25) is 0 Å². The number of nitrogens with one attached hydrogen (secondary N) is 1. The molecule has 1 aliphatic carbocycles. The van der Waals surface area contributed by atoms with Gasteiger partial charge in [-0.1, -0.05) is 26.2 Å². The highest BCUT2D eigenvalue weighted by Gasteiger charge is 2.20. The second-order valence-electron chi connectivity index (χ2n) is 4.49. The first-order valence-electron chi connectivity index (χ1n) is 6.14. The molecule has 0 aromatic heterocycles. The van der Waals surface area contributed by atoms with Crippen molar-refractivity contribution in [1.82, 2.24) is 5.32 Å². The summed E-state index contributed by atoms with van der Waals surface area (Å²) in [5.41, 5.74) is 0. The first-order chi connectivity index (χ1) is 6.83. The summed E-state index contributed by atoms with van der Waals surface area (Å²) in [6.45, 7) is 7.32. The van der Waals surface area contributed by atoms with E-state index in [4.69, 9.17) is 4.74 Å². The van der Waals surface area contributed by atoms with Crippen LogP contribution in [0.25, 0.3) is 0 Å².